The van der Waals surface area contributed by atoms with Crippen molar-refractivity contribution >= 4 is 5.96 Å². The van der Waals surface area contributed by atoms with E-state index in [1.54, 1.807) is 7.11 Å². The van der Waals surface area contributed by atoms with E-state index in [0.717, 1.165) is 32.0 Å². The monoisotopic (exact) mass is 277 g/mol. The lowest BCUT2D eigenvalue weighted by Gasteiger charge is -2.13. The van der Waals surface area contributed by atoms with E-state index in [1.807, 2.05) is 0 Å². The molecular weight excluding hydrogens is 250 g/mol. The van der Waals surface area contributed by atoms with Crippen LogP contribution in [0.5, 0.6) is 0 Å². The SMILES string of the molecule is CCNC(=NCCC(C)c1ccccc1)NCCOC. The molecule has 0 aromatic heterocycles. The van der Waals surface area contributed by atoms with Crippen LogP contribution in [0.25, 0.3) is 0 Å². The Hall–Kier alpha value is -1.55. The van der Waals surface area contributed by atoms with Crippen molar-refractivity contribution in [1.82, 2.24) is 10.6 Å². The van der Waals surface area contributed by atoms with Crippen LogP contribution in [0.15, 0.2) is 35.3 Å². The van der Waals surface area contributed by atoms with Gasteiger partial charge < -0.3 is 15.4 Å². The van der Waals surface area contributed by atoms with E-state index in [1.165, 1.54) is 5.56 Å². The fourth-order valence-electron chi connectivity index (χ4n) is 1.93. The normalized spacial score (nSPS) is 13.1. The zero-order chi connectivity index (χ0) is 14.6. The molecule has 0 radical (unpaired) electrons. The van der Waals surface area contributed by atoms with Gasteiger partial charge in [0, 0.05) is 26.7 Å². The van der Waals surface area contributed by atoms with Gasteiger partial charge in [0.05, 0.1) is 6.61 Å². The minimum atomic E-state index is 0.529. The molecule has 0 aliphatic rings. The van der Waals surface area contributed by atoms with Crippen molar-refractivity contribution in [3.05, 3.63) is 35.9 Å². The van der Waals surface area contributed by atoms with Gasteiger partial charge in [0.25, 0.3) is 0 Å². The number of rotatable bonds is 8. The van der Waals surface area contributed by atoms with Crippen molar-refractivity contribution in [3.8, 4) is 0 Å². The fraction of sp³-hybridized carbons (Fsp3) is 0.562. The number of ether oxygens (including phenoxy) is 1. The summed E-state index contributed by atoms with van der Waals surface area (Å²) in [6.07, 6.45) is 1.05. The van der Waals surface area contributed by atoms with Crippen LogP contribution in [0.1, 0.15) is 31.7 Å². The lowest BCUT2D eigenvalue weighted by atomic mass is 9.98. The average Bonchev–Trinajstić information content (AvgIpc) is 2.48. The highest BCUT2D eigenvalue weighted by Crippen LogP contribution is 2.17. The fourth-order valence-corrected chi connectivity index (χ4v) is 1.93. The first-order valence-corrected chi connectivity index (χ1v) is 7.34. The average molecular weight is 277 g/mol. The van der Waals surface area contributed by atoms with Crippen LogP contribution in [0.4, 0.5) is 0 Å². The number of aliphatic imine (C=N–C) groups is 1. The molecule has 0 saturated carbocycles. The molecule has 112 valence electrons. The molecule has 0 aliphatic heterocycles. The minimum absolute atomic E-state index is 0.529. The summed E-state index contributed by atoms with van der Waals surface area (Å²) in [5.41, 5.74) is 1.38. The van der Waals surface area contributed by atoms with Crippen molar-refractivity contribution < 1.29 is 4.74 Å². The maximum absolute atomic E-state index is 5.03. The van der Waals surface area contributed by atoms with Gasteiger partial charge in [0.2, 0.25) is 0 Å². The third-order valence-electron chi connectivity index (χ3n) is 3.14. The lowest BCUT2D eigenvalue weighted by Crippen LogP contribution is -2.39. The van der Waals surface area contributed by atoms with Crippen LogP contribution in [-0.2, 0) is 4.74 Å². The summed E-state index contributed by atoms with van der Waals surface area (Å²) in [6, 6.07) is 10.6. The Bertz CT molecular complexity index is 379. The topological polar surface area (TPSA) is 45.7 Å². The number of nitrogens with zero attached hydrogens (tertiary/aromatic N) is 1. The first-order chi connectivity index (χ1) is 9.77. The highest BCUT2D eigenvalue weighted by molar-refractivity contribution is 5.79. The number of benzene rings is 1. The van der Waals surface area contributed by atoms with Crippen molar-refractivity contribution in [2.45, 2.75) is 26.2 Å². The summed E-state index contributed by atoms with van der Waals surface area (Å²) < 4.78 is 5.03. The molecule has 20 heavy (non-hydrogen) atoms. The van der Waals surface area contributed by atoms with E-state index >= 15 is 0 Å². The predicted molar refractivity (Wildman–Crippen MR) is 85.3 cm³/mol. The van der Waals surface area contributed by atoms with Crippen LogP contribution < -0.4 is 10.6 Å². The van der Waals surface area contributed by atoms with Gasteiger partial charge in [0.1, 0.15) is 0 Å². The standard InChI is InChI=1S/C16H27N3O/c1-4-17-16(19-12-13-20-3)18-11-10-14(2)15-8-6-5-7-9-15/h5-9,14H,4,10-13H2,1-3H3,(H2,17,18,19). The summed E-state index contributed by atoms with van der Waals surface area (Å²) in [7, 11) is 1.70. The molecule has 0 bridgehead atoms. The van der Waals surface area contributed by atoms with Gasteiger partial charge in [-0.1, -0.05) is 37.3 Å². The van der Waals surface area contributed by atoms with E-state index in [4.69, 9.17) is 4.74 Å². The molecule has 0 fully saturated rings. The van der Waals surface area contributed by atoms with Crippen LogP contribution >= 0.6 is 0 Å². The summed E-state index contributed by atoms with van der Waals surface area (Å²) in [5.74, 6) is 1.40. The van der Waals surface area contributed by atoms with E-state index in [2.05, 4.69) is 59.8 Å². The first-order valence-electron chi connectivity index (χ1n) is 7.34. The smallest absolute Gasteiger partial charge is 0.191 e. The van der Waals surface area contributed by atoms with E-state index in [-0.39, 0.29) is 0 Å². The molecule has 0 amide bonds. The van der Waals surface area contributed by atoms with Crippen molar-refractivity contribution in [2.24, 2.45) is 4.99 Å². The Balaban J connectivity index is 2.38. The molecule has 0 saturated heterocycles. The summed E-state index contributed by atoms with van der Waals surface area (Å²) in [5, 5.41) is 6.49. The van der Waals surface area contributed by atoms with Crippen molar-refractivity contribution in [3.63, 3.8) is 0 Å². The molecule has 0 aliphatic carbocycles. The van der Waals surface area contributed by atoms with Gasteiger partial charge in [0.15, 0.2) is 5.96 Å². The summed E-state index contributed by atoms with van der Waals surface area (Å²) >= 11 is 0. The van der Waals surface area contributed by atoms with Crippen LogP contribution in [-0.4, -0.2) is 39.3 Å². The second-order valence-corrected chi connectivity index (χ2v) is 4.78. The first kappa shape index (κ1) is 16.5. The van der Waals surface area contributed by atoms with E-state index in [0.29, 0.717) is 12.5 Å². The number of hydrogen-bond donors (Lipinski definition) is 2. The number of hydrogen-bond acceptors (Lipinski definition) is 2. The number of nitrogens with one attached hydrogen (secondary N) is 2. The Labute approximate surface area is 122 Å². The van der Waals surface area contributed by atoms with E-state index in [9.17, 15) is 0 Å². The third kappa shape index (κ3) is 6.57. The van der Waals surface area contributed by atoms with Gasteiger partial charge >= 0.3 is 0 Å². The second kappa shape index (κ2) is 10.3. The molecule has 0 heterocycles. The largest absolute Gasteiger partial charge is 0.383 e. The Kier molecular flexibility index (Phi) is 8.47. The van der Waals surface area contributed by atoms with Crippen molar-refractivity contribution in [1.29, 1.82) is 0 Å². The summed E-state index contributed by atoms with van der Waals surface area (Å²) in [4.78, 5) is 4.59. The molecular formula is C16H27N3O. The Morgan fingerprint density at radius 3 is 2.65 bits per heavy atom. The highest BCUT2D eigenvalue weighted by Gasteiger charge is 2.04. The predicted octanol–water partition coefficient (Wildman–Crippen LogP) is 2.38. The maximum atomic E-state index is 5.03. The molecule has 4 nitrogen and oxygen atoms in total. The van der Waals surface area contributed by atoms with Crippen LogP contribution in [0.2, 0.25) is 0 Å². The second-order valence-electron chi connectivity index (χ2n) is 4.78. The third-order valence-corrected chi connectivity index (χ3v) is 3.14. The quantitative estimate of drug-likeness (QED) is 0.436. The number of guanidine groups is 1. The molecule has 4 heteroatoms. The Morgan fingerprint density at radius 2 is 2.00 bits per heavy atom. The van der Waals surface area contributed by atoms with Gasteiger partial charge in [-0.3, -0.25) is 4.99 Å². The molecule has 1 atom stereocenters. The molecule has 0 spiro atoms. The highest BCUT2D eigenvalue weighted by atomic mass is 16.5. The molecule has 2 N–H and O–H groups in total. The van der Waals surface area contributed by atoms with Gasteiger partial charge in [-0.05, 0) is 24.8 Å². The minimum Gasteiger partial charge on any atom is -0.383 e. The van der Waals surface area contributed by atoms with Crippen LogP contribution in [0.3, 0.4) is 0 Å². The Morgan fingerprint density at radius 1 is 1.25 bits per heavy atom. The summed E-state index contributed by atoms with van der Waals surface area (Å²) in [6.45, 7) is 7.46. The van der Waals surface area contributed by atoms with Crippen LogP contribution in [0, 0.1) is 0 Å². The van der Waals surface area contributed by atoms with Gasteiger partial charge in [-0.15, -0.1) is 0 Å². The van der Waals surface area contributed by atoms with Crippen molar-refractivity contribution in [2.75, 3.05) is 33.4 Å². The molecule has 1 rings (SSSR count). The lowest BCUT2D eigenvalue weighted by molar-refractivity contribution is 0.203. The van der Waals surface area contributed by atoms with Gasteiger partial charge in [-0.2, -0.15) is 0 Å². The van der Waals surface area contributed by atoms with Gasteiger partial charge in [-0.25, -0.2) is 0 Å². The zero-order valence-corrected chi connectivity index (χ0v) is 12.9. The molecule has 1 aromatic rings. The molecule has 1 aromatic carbocycles. The number of methoxy groups -OCH3 is 1. The zero-order valence-electron chi connectivity index (χ0n) is 12.9. The molecule has 1 unspecified atom stereocenters. The van der Waals surface area contributed by atoms with E-state index < -0.39 is 0 Å². The maximum Gasteiger partial charge on any atom is 0.191 e.